The van der Waals surface area contributed by atoms with Crippen molar-refractivity contribution in [3.63, 3.8) is 0 Å². The second-order valence-electron chi connectivity index (χ2n) is 7.51. The van der Waals surface area contributed by atoms with Gasteiger partial charge in [-0.2, -0.15) is 0 Å². The number of carbonyl (C=O) groups is 1. The fourth-order valence-corrected chi connectivity index (χ4v) is 2.77. The zero-order valence-corrected chi connectivity index (χ0v) is 13.9. The SMILES string of the molecule is CC(C)CC(CN)(Cc1ccc(C(C)(C)C)cc1)C(=O)O. The maximum Gasteiger partial charge on any atom is 0.311 e. The molecule has 3 N–H and O–H groups in total. The van der Waals surface area contributed by atoms with Gasteiger partial charge in [0.2, 0.25) is 0 Å². The predicted molar refractivity (Wildman–Crippen MR) is 87.4 cm³/mol. The van der Waals surface area contributed by atoms with E-state index in [2.05, 4.69) is 32.9 Å². The van der Waals surface area contributed by atoms with Crippen LogP contribution >= 0.6 is 0 Å². The van der Waals surface area contributed by atoms with Crippen molar-refractivity contribution in [2.75, 3.05) is 6.54 Å². The average Bonchev–Trinajstić information content (AvgIpc) is 2.36. The molecule has 0 amide bonds. The molecule has 1 aromatic rings. The summed E-state index contributed by atoms with van der Waals surface area (Å²) in [7, 11) is 0. The first-order valence-electron chi connectivity index (χ1n) is 7.63. The molecule has 0 bridgehead atoms. The summed E-state index contributed by atoms with van der Waals surface area (Å²) in [6.07, 6.45) is 1.08. The molecule has 1 atom stereocenters. The molecule has 0 aromatic heterocycles. The van der Waals surface area contributed by atoms with Gasteiger partial charge in [-0.15, -0.1) is 0 Å². The largest absolute Gasteiger partial charge is 0.481 e. The summed E-state index contributed by atoms with van der Waals surface area (Å²) >= 11 is 0. The highest BCUT2D eigenvalue weighted by atomic mass is 16.4. The number of carboxylic acid groups (broad SMARTS) is 1. The van der Waals surface area contributed by atoms with Crippen LogP contribution in [0.5, 0.6) is 0 Å². The molecular weight excluding hydrogens is 262 g/mol. The molecule has 0 aliphatic carbocycles. The van der Waals surface area contributed by atoms with Gasteiger partial charge in [0.05, 0.1) is 5.41 Å². The standard InChI is InChI=1S/C18H29NO2/c1-13(2)10-18(12-19,16(20)21)11-14-6-8-15(9-7-14)17(3,4)5/h6-9,13H,10-12,19H2,1-5H3,(H,20,21). The lowest BCUT2D eigenvalue weighted by Gasteiger charge is -2.30. The maximum absolute atomic E-state index is 11.7. The first-order valence-corrected chi connectivity index (χ1v) is 7.63. The molecule has 0 saturated heterocycles. The molecule has 1 unspecified atom stereocenters. The van der Waals surface area contributed by atoms with Gasteiger partial charge in [-0.3, -0.25) is 4.79 Å². The van der Waals surface area contributed by atoms with Crippen molar-refractivity contribution >= 4 is 5.97 Å². The van der Waals surface area contributed by atoms with Crippen molar-refractivity contribution in [1.82, 2.24) is 0 Å². The van der Waals surface area contributed by atoms with Gasteiger partial charge in [0.1, 0.15) is 0 Å². The fourth-order valence-electron chi connectivity index (χ4n) is 2.77. The minimum absolute atomic E-state index is 0.105. The second-order valence-corrected chi connectivity index (χ2v) is 7.51. The Morgan fingerprint density at radius 2 is 1.71 bits per heavy atom. The summed E-state index contributed by atoms with van der Waals surface area (Å²) < 4.78 is 0. The maximum atomic E-state index is 11.7. The molecule has 0 aliphatic rings. The Balaban J connectivity index is 3.01. The number of hydrogen-bond donors (Lipinski definition) is 2. The third-order valence-corrected chi connectivity index (χ3v) is 4.01. The second kappa shape index (κ2) is 6.61. The lowest BCUT2D eigenvalue weighted by molar-refractivity contribution is -0.149. The fraction of sp³-hybridized carbons (Fsp3) is 0.611. The van der Waals surface area contributed by atoms with E-state index in [-0.39, 0.29) is 12.0 Å². The molecule has 1 aromatic carbocycles. The number of hydrogen-bond acceptors (Lipinski definition) is 2. The van der Waals surface area contributed by atoms with Crippen LogP contribution in [-0.2, 0) is 16.6 Å². The highest BCUT2D eigenvalue weighted by Crippen LogP contribution is 2.31. The van der Waals surface area contributed by atoms with Gasteiger partial charge >= 0.3 is 5.97 Å². The topological polar surface area (TPSA) is 63.3 Å². The van der Waals surface area contributed by atoms with Crippen LogP contribution in [0, 0.1) is 11.3 Å². The highest BCUT2D eigenvalue weighted by molar-refractivity contribution is 5.75. The van der Waals surface area contributed by atoms with E-state index in [0.29, 0.717) is 18.8 Å². The van der Waals surface area contributed by atoms with E-state index >= 15 is 0 Å². The van der Waals surface area contributed by atoms with Crippen LogP contribution in [0.3, 0.4) is 0 Å². The molecular formula is C18H29NO2. The van der Waals surface area contributed by atoms with Gasteiger partial charge < -0.3 is 10.8 Å². The van der Waals surface area contributed by atoms with Gasteiger partial charge in [0.15, 0.2) is 0 Å². The van der Waals surface area contributed by atoms with Gasteiger partial charge in [-0.25, -0.2) is 0 Å². The van der Waals surface area contributed by atoms with Gasteiger partial charge in [-0.1, -0.05) is 58.9 Å². The molecule has 1 rings (SSSR count). The third kappa shape index (κ3) is 4.57. The summed E-state index contributed by atoms with van der Waals surface area (Å²) in [5, 5.41) is 9.64. The first kappa shape index (κ1) is 17.7. The van der Waals surface area contributed by atoms with Crippen molar-refractivity contribution in [2.24, 2.45) is 17.1 Å². The lowest BCUT2D eigenvalue weighted by atomic mass is 9.75. The Hall–Kier alpha value is -1.35. The molecule has 0 radical (unpaired) electrons. The van der Waals surface area contributed by atoms with Crippen LogP contribution in [0.1, 0.15) is 52.2 Å². The Bertz CT molecular complexity index is 471. The summed E-state index contributed by atoms with van der Waals surface area (Å²) in [5.74, 6) is -0.489. The molecule has 0 spiro atoms. The number of nitrogens with two attached hydrogens (primary N) is 1. The number of benzene rings is 1. The number of rotatable bonds is 6. The quantitative estimate of drug-likeness (QED) is 0.841. The summed E-state index contributed by atoms with van der Waals surface area (Å²) in [5.41, 5.74) is 7.36. The Morgan fingerprint density at radius 3 is 2.05 bits per heavy atom. The van der Waals surface area contributed by atoms with Crippen molar-refractivity contribution in [3.8, 4) is 0 Å². The van der Waals surface area contributed by atoms with Crippen molar-refractivity contribution < 1.29 is 9.90 Å². The number of aliphatic carboxylic acids is 1. The number of carboxylic acids is 1. The van der Waals surface area contributed by atoms with Crippen molar-refractivity contribution in [2.45, 2.75) is 52.9 Å². The smallest absolute Gasteiger partial charge is 0.311 e. The van der Waals surface area contributed by atoms with Gasteiger partial charge in [0.25, 0.3) is 0 Å². The minimum Gasteiger partial charge on any atom is -0.481 e. The third-order valence-electron chi connectivity index (χ3n) is 4.01. The lowest BCUT2D eigenvalue weighted by Crippen LogP contribution is -2.41. The van der Waals surface area contributed by atoms with E-state index in [0.717, 1.165) is 5.56 Å². The Kier molecular flexibility index (Phi) is 5.57. The van der Waals surface area contributed by atoms with E-state index in [4.69, 9.17) is 5.73 Å². The molecule has 0 fully saturated rings. The molecule has 0 heterocycles. The van der Waals surface area contributed by atoms with Gasteiger partial charge in [-0.05, 0) is 35.3 Å². The molecule has 118 valence electrons. The van der Waals surface area contributed by atoms with Crippen molar-refractivity contribution in [3.05, 3.63) is 35.4 Å². The van der Waals surface area contributed by atoms with E-state index in [1.54, 1.807) is 0 Å². The highest BCUT2D eigenvalue weighted by Gasteiger charge is 2.37. The van der Waals surface area contributed by atoms with Crippen molar-refractivity contribution in [1.29, 1.82) is 0 Å². The van der Waals surface area contributed by atoms with Crippen LogP contribution in [0.2, 0.25) is 0 Å². The molecule has 0 aliphatic heterocycles. The Labute approximate surface area is 128 Å². The first-order chi connectivity index (χ1) is 9.60. The van der Waals surface area contributed by atoms with E-state index in [9.17, 15) is 9.90 Å². The molecule has 3 heteroatoms. The average molecular weight is 291 g/mol. The van der Waals surface area contributed by atoms with Crippen LogP contribution in [0.15, 0.2) is 24.3 Å². The molecule has 0 saturated carbocycles. The zero-order valence-electron chi connectivity index (χ0n) is 13.9. The zero-order chi connectivity index (χ0) is 16.3. The summed E-state index contributed by atoms with van der Waals surface area (Å²) in [6, 6.07) is 8.25. The van der Waals surface area contributed by atoms with Crippen LogP contribution in [-0.4, -0.2) is 17.6 Å². The molecule has 3 nitrogen and oxygen atoms in total. The summed E-state index contributed by atoms with van der Waals surface area (Å²) in [4.78, 5) is 11.7. The molecule has 21 heavy (non-hydrogen) atoms. The van der Waals surface area contributed by atoms with Gasteiger partial charge in [0, 0.05) is 6.54 Å². The predicted octanol–water partition coefficient (Wildman–Crippen LogP) is 3.60. The van der Waals surface area contributed by atoms with Crippen LogP contribution < -0.4 is 5.73 Å². The monoisotopic (exact) mass is 291 g/mol. The van der Waals surface area contributed by atoms with Crippen LogP contribution in [0.25, 0.3) is 0 Å². The van der Waals surface area contributed by atoms with E-state index < -0.39 is 11.4 Å². The normalized spacial score (nSPS) is 15.0. The van der Waals surface area contributed by atoms with E-state index in [1.165, 1.54) is 5.56 Å². The van der Waals surface area contributed by atoms with Crippen LogP contribution in [0.4, 0.5) is 0 Å². The van der Waals surface area contributed by atoms with E-state index in [1.807, 2.05) is 26.0 Å². The Morgan fingerprint density at radius 1 is 1.19 bits per heavy atom. The minimum atomic E-state index is -0.864. The summed E-state index contributed by atoms with van der Waals surface area (Å²) in [6.45, 7) is 10.8.